The number of carbonyl (C=O) groups is 1. The van der Waals surface area contributed by atoms with E-state index in [2.05, 4.69) is 0 Å². The van der Waals surface area contributed by atoms with Crippen LogP contribution in [0.25, 0.3) is 0 Å². The molecular formula is C16H19N2O3+. The lowest BCUT2D eigenvalue weighted by Gasteiger charge is -2.06. The molecule has 2 rings (SSSR count). The van der Waals surface area contributed by atoms with Gasteiger partial charge < -0.3 is 15.2 Å². The average molecular weight is 287 g/mol. The van der Waals surface area contributed by atoms with Crippen LogP contribution in [0, 0.1) is 0 Å². The number of rotatable bonds is 6. The Balaban J connectivity index is 1.81. The third-order valence-corrected chi connectivity index (χ3v) is 2.91. The molecule has 2 N–H and O–H groups in total. The zero-order chi connectivity index (χ0) is 15.1. The minimum atomic E-state index is -0.321. The van der Waals surface area contributed by atoms with Crippen LogP contribution >= 0.6 is 0 Å². The smallest absolute Gasteiger partial charge is 0.375 e. The summed E-state index contributed by atoms with van der Waals surface area (Å²) in [6, 6.07) is 12.5. The van der Waals surface area contributed by atoms with E-state index in [4.69, 9.17) is 15.2 Å². The van der Waals surface area contributed by atoms with Gasteiger partial charge in [0.2, 0.25) is 0 Å². The number of ether oxygens (including phenoxy) is 2. The van der Waals surface area contributed by atoms with Crippen LogP contribution in [0.15, 0.2) is 48.7 Å². The lowest BCUT2D eigenvalue weighted by Crippen LogP contribution is -2.35. The average Bonchev–Trinajstić information content (AvgIpc) is 2.50. The van der Waals surface area contributed by atoms with E-state index >= 15 is 0 Å². The van der Waals surface area contributed by atoms with E-state index in [-0.39, 0.29) is 19.0 Å². The summed E-state index contributed by atoms with van der Waals surface area (Å²) in [5.74, 6) is 0.900. The van der Waals surface area contributed by atoms with E-state index in [0.29, 0.717) is 17.3 Å². The van der Waals surface area contributed by atoms with E-state index < -0.39 is 0 Å². The third kappa shape index (κ3) is 4.49. The number of anilines is 1. The second-order valence-corrected chi connectivity index (χ2v) is 4.47. The van der Waals surface area contributed by atoms with Gasteiger partial charge >= 0.3 is 11.8 Å². The molecule has 0 atom stereocenters. The Morgan fingerprint density at radius 1 is 1.19 bits per heavy atom. The van der Waals surface area contributed by atoms with Gasteiger partial charge in [-0.3, -0.25) is 4.79 Å². The first-order valence-corrected chi connectivity index (χ1v) is 6.86. The minimum absolute atomic E-state index is 0.184. The normalized spacial score (nSPS) is 10.1. The summed E-state index contributed by atoms with van der Waals surface area (Å²) in [4.78, 5) is 11.8. The Bertz CT molecular complexity index is 597. The molecule has 1 aromatic heterocycles. The molecule has 5 heteroatoms. The molecule has 1 heterocycles. The van der Waals surface area contributed by atoms with Gasteiger partial charge in [-0.2, -0.15) is 4.57 Å². The van der Waals surface area contributed by atoms with Crippen LogP contribution in [0.3, 0.4) is 0 Å². The highest BCUT2D eigenvalue weighted by Crippen LogP contribution is 2.13. The number of aryl methyl sites for hydroxylation is 1. The number of nitrogen functional groups attached to an aromatic ring is 1. The summed E-state index contributed by atoms with van der Waals surface area (Å²) in [5, 5.41) is 0. The first kappa shape index (κ1) is 14.8. The van der Waals surface area contributed by atoms with Gasteiger partial charge in [0.1, 0.15) is 12.3 Å². The van der Waals surface area contributed by atoms with Crippen LogP contribution in [0.1, 0.15) is 13.3 Å². The Morgan fingerprint density at radius 3 is 2.67 bits per heavy atom. The predicted octanol–water partition coefficient (Wildman–Crippen LogP) is 1.95. The fraction of sp³-hybridized carbons (Fsp3) is 0.250. The van der Waals surface area contributed by atoms with Gasteiger partial charge in [-0.15, -0.1) is 0 Å². The van der Waals surface area contributed by atoms with Crippen LogP contribution in [-0.2, 0) is 11.3 Å². The third-order valence-electron chi connectivity index (χ3n) is 2.91. The molecule has 0 saturated heterocycles. The van der Waals surface area contributed by atoms with Gasteiger partial charge in [-0.1, -0.05) is 0 Å². The Morgan fingerprint density at radius 2 is 1.95 bits per heavy atom. The van der Waals surface area contributed by atoms with E-state index in [9.17, 15) is 4.79 Å². The maximum absolute atomic E-state index is 11.8. The van der Waals surface area contributed by atoms with Crippen molar-refractivity contribution in [3.8, 4) is 11.6 Å². The van der Waals surface area contributed by atoms with Gasteiger partial charge in [0.25, 0.3) is 0 Å². The van der Waals surface area contributed by atoms with E-state index in [1.807, 2.05) is 29.8 Å². The van der Waals surface area contributed by atoms with Crippen molar-refractivity contribution in [1.82, 2.24) is 0 Å². The highest BCUT2D eigenvalue weighted by molar-refractivity contribution is 5.71. The van der Waals surface area contributed by atoms with E-state index in [1.165, 1.54) is 0 Å². The predicted molar refractivity (Wildman–Crippen MR) is 78.9 cm³/mol. The quantitative estimate of drug-likeness (QED) is 0.501. The molecule has 0 bridgehead atoms. The molecule has 2 aromatic rings. The molecule has 110 valence electrons. The maximum atomic E-state index is 11.8. The molecule has 0 aliphatic heterocycles. The molecule has 5 nitrogen and oxygen atoms in total. The Labute approximate surface area is 123 Å². The van der Waals surface area contributed by atoms with Gasteiger partial charge in [0.15, 0.2) is 6.20 Å². The molecule has 1 aromatic carbocycles. The van der Waals surface area contributed by atoms with Crippen molar-refractivity contribution in [3.63, 3.8) is 0 Å². The fourth-order valence-electron chi connectivity index (χ4n) is 1.80. The van der Waals surface area contributed by atoms with Crippen molar-refractivity contribution in [3.05, 3.63) is 48.7 Å². The number of carbonyl (C=O) groups excluding carboxylic acids is 1. The van der Waals surface area contributed by atoms with E-state index in [1.54, 1.807) is 30.3 Å². The van der Waals surface area contributed by atoms with Crippen molar-refractivity contribution in [2.75, 3.05) is 12.3 Å². The number of benzene rings is 1. The summed E-state index contributed by atoms with van der Waals surface area (Å²) in [6.07, 6.45) is 2.05. The van der Waals surface area contributed by atoms with Gasteiger partial charge in [0.05, 0.1) is 19.1 Å². The largest absolute Gasteiger partial charge is 0.493 e. The van der Waals surface area contributed by atoms with Gasteiger partial charge in [-0.05, 0) is 37.3 Å². The second-order valence-electron chi connectivity index (χ2n) is 4.47. The molecule has 0 fully saturated rings. The molecular weight excluding hydrogens is 268 g/mol. The fourth-order valence-corrected chi connectivity index (χ4v) is 1.80. The monoisotopic (exact) mass is 287 g/mol. The van der Waals surface area contributed by atoms with Crippen molar-refractivity contribution in [1.29, 1.82) is 0 Å². The molecule has 0 unspecified atom stereocenters. The number of aromatic nitrogens is 1. The molecule has 0 amide bonds. The highest BCUT2D eigenvalue weighted by Gasteiger charge is 2.13. The second kappa shape index (κ2) is 7.28. The Hall–Kier alpha value is -2.56. The Kier molecular flexibility index (Phi) is 5.15. The van der Waals surface area contributed by atoms with Crippen LogP contribution in [0.2, 0.25) is 0 Å². The SMILES string of the molecule is CC[n+]1ccccc1OC(=O)CCOc1ccc(N)cc1. The number of nitrogens with two attached hydrogens (primary N) is 1. The topological polar surface area (TPSA) is 65.4 Å². The summed E-state index contributed by atoms with van der Waals surface area (Å²) in [6.45, 7) is 2.99. The van der Waals surface area contributed by atoms with Crippen molar-refractivity contribution in [2.24, 2.45) is 0 Å². The lowest BCUT2D eigenvalue weighted by molar-refractivity contribution is -0.697. The summed E-state index contributed by atoms with van der Waals surface area (Å²) >= 11 is 0. The lowest BCUT2D eigenvalue weighted by atomic mass is 10.3. The number of esters is 1. The number of pyridine rings is 1. The standard InChI is InChI=1S/C16H19N2O3/c1-2-18-11-4-3-5-15(18)21-16(19)10-12-20-14-8-6-13(17)7-9-14/h3-9,11H,2,10,12,17H2,1H3/q+1. The van der Waals surface area contributed by atoms with Crippen LogP contribution < -0.4 is 19.8 Å². The first-order valence-electron chi connectivity index (χ1n) is 6.86. The molecule has 0 saturated carbocycles. The van der Waals surface area contributed by atoms with Crippen molar-refractivity contribution in [2.45, 2.75) is 19.9 Å². The summed E-state index contributed by atoms with van der Waals surface area (Å²) in [7, 11) is 0. The highest BCUT2D eigenvalue weighted by atomic mass is 16.5. The van der Waals surface area contributed by atoms with Gasteiger partial charge in [0, 0.05) is 11.8 Å². The summed E-state index contributed by atoms with van der Waals surface area (Å²) < 4.78 is 12.6. The van der Waals surface area contributed by atoms with Crippen LogP contribution in [0.5, 0.6) is 11.6 Å². The number of hydrogen-bond donors (Lipinski definition) is 1. The zero-order valence-corrected chi connectivity index (χ0v) is 12.0. The zero-order valence-electron chi connectivity index (χ0n) is 12.0. The molecule has 0 spiro atoms. The molecule has 0 radical (unpaired) electrons. The molecule has 0 aliphatic carbocycles. The van der Waals surface area contributed by atoms with Crippen molar-refractivity contribution >= 4 is 11.7 Å². The molecule has 21 heavy (non-hydrogen) atoms. The van der Waals surface area contributed by atoms with Gasteiger partial charge in [-0.25, -0.2) is 0 Å². The van der Waals surface area contributed by atoms with Crippen LogP contribution in [0.4, 0.5) is 5.69 Å². The number of nitrogens with zero attached hydrogens (tertiary/aromatic N) is 1. The van der Waals surface area contributed by atoms with Crippen molar-refractivity contribution < 1.29 is 18.8 Å². The maximum Gasteiger partial charge on any atom is 0.375 e. The molecule has 0 aliphatic rings. The minimum Gasteiger partial charge on any atom is -0.493 e. The van der Waals surface area contributed by atoms with Crippen LogP contribution in [-0.4, -0.2) is 12.6 Å². The first-order chi connectivity index (χ1) is 10.2. The summed E-state index contributed by atoms with van der Waals surface area (Å²) in [5.41, 5.74) is 6.26. The number of hydrogen-bond acceptors (Lipinski definition) is 4. The van der Waals surface area contributed by atoms with E-state index in [0.717, 1.165) is 6.54 Å².